The quantitative estimate of drug-likeness (QED) is 0.463. The van der Waals surface area contributed by atoms with Crippen molar-refractivity contribution < 1.29 is 21.7 Å². The summed E-state index contributed by atoms with van der Waals surface area (Å²) < 4.78 is 33.3. The van der Waals surface area contributed by atoms with Crippen LogP contribution in [-0.4, -0.2) is 20.1 Å². The van der Waals surface area contributed by atoms with Crippen molar-refractivity contribution in [2.75, 3.05) is 7.11 Å². The first kappa shape index (κ1) is 16.8. The van der Waals surface area contributed by atoms with Gasteiger partial charge in [-0.05, 0) is 6.07 Å². The highest BCUT2D eigenvalue weighted by Gasteiger charge is 2.03. The molecule has 0 N–H and O–H groups in total. The van der Waals surface area contributed by atoms with Crippen molar-refractivity contribution in [2.24, 2.45) is 0 Å². The molecule has 6 heteroatoms. The summed E-state index contributed by atoms with van der Waals surface area (Å²) in [5.74, 6) is 0. The van der Waals surface area contributed by atoms with E-state index >= 15 is 0 Å². The first-order chi connectivity index (χ1) is 8.44. The normalized spacial score (nSPS) is 10.4. The Morgan fingerprint density at radius 1 is 1.50 bits per heavy atom. The standard InChI is InChI=1S/C11H16N.CH4O4S/c1-3-5-9-12-10-7-6-8-11(12)4-2;1-5-6(2,3)4/h4,6-8,10H,2-3,5,9H2,1H3;1H3,(H,2,3,4)/q+1;/p-1. The smallest absolute Gasteiger partial charge is 0.217 e. The lowest BCUT2D eigenvalue weighted by molar-refractivity contribution is -0.699. The molecule has 0 bridgehead atoms. The van der Waals surface area contributed by atoms with Crippen LogP contribution < -0.4 is 4.57 Å². The van der Waals surface area contributed by atoms with Gasteiger partial charge >= 0.3 is 0 Å². The Kier molecular flexibility index (Phi) is 8.19. The molecule has 0 fully saturated rings. The molecule has 0 aliphatic rings. The first-order valence-corrected chi connectivity index (χ1v) is 6.90. The molecule has 0 unspecified atom stereocenters. The Labute approximate surface area is 109 Å². The van der Waals surface area contributed by atoms with Crippen LogP contribution in [0.15, 0.2) is 31.0 Å². The summed E-state index contributed by atoms with van der Waals surface area (Å²) in [4.78, 5) is 0. The molecule has 1 aromatic rings. The van der Waals surface area contributed by atoms with Gasteiger partial charge in [-0.1, -0.05) is 19.9 Å². The molecule has 0 radical (unpaired) electrons. The van der Waals surface area contributed by atoms with Crippen molar-refractivity contribution in [3.8, 4) is 0 Å². The molecule has 102 valence electrons. The average Bonchev–Trinajstić information content (AvgIpc) is 2.36. The Balaban J connectivity index is 0.000000411. The van der Waals surface area contributed by atoms with Crippen LogP contribution in [0.4, 0.5) is 0 Å². The highest BCUT2D eigenvalue weighted by Crippen LogP contribution is 1.94. The van der Waals surface area contributed by atoms with Gasteiger partial charge in [-0.2, -0.15) is 4.57 Å². The van der Waals surface area contributed by atoms with E-state index in [-0.39, 0.29) is 0 Å². The molecule has 0 aromatic carbocycles. The Bertz CT molecular complexity index is 457. The summed E-state index contributed by atoms with van der Waals surface area (Å²) in [6.07, 6.45) is 6.47. The van der Waals surface area contributed by atoms with Crippen LogP contribution in [-0.2, 0) is 21.1 Å². The monoisotopic (exact) mass is 273 g/mol. The fourth-order valence-electron chi connectivity index (χ4n) is 1.21. The minimum Gasteiger partial charge on any atom is -0.726 e. The van der Waals surface area contributed by atoms with Crippen molar-refractivity contribution in [1.82, 2.24) is 0 Å². The van der Waals surface area contributed by atoms with Crippen LogP contribution in [0.3, 0.4) is 0 Å². The van der Waals surface area contributed by atoms with Gasteiger partial charge in [-0.25, -0.2) is 8.42 Å². The molecule has 0 saturated heterocycles. The molecule has 1 aromatic heterocycles. The van der Waals surface area contributed by atoms with Gasteiger partial charge in [0.15, 0.2) is 6.20 Å². The van der Waals surface area contributed by atoms with E-state index in [2.05, 4.69) is 40.6 Å². The van der Waals surface area contributed by atoms with Crippen molar-refractivity contribution in [3.63, 3.8) is 0 Å². The van der Waals surface area contributed by atoms with E-state index in [1.54, 1.807) is 0 Å². The number of nitrogens with zero attached hydrogens (tertiary/aromatic N) is 1. The van der Waals surface area contributed by atoms with Crippen molar-refractivity contribution >= 4 is 16.5 Å². The second kappa shape index (κ2) is 8.79. The molecule has 1 heterocycles. The van der Waals surface area contributed by atoms with E-state index < -0.39 is 10.4 Å². The van der Waals surface area contributed by atoms with Gasteiger partial charge in [-0.15, -0.1) is 0 Å². The summed E-state index contributed by atoms with van der Waals surface area (Å²) >= 11 is 0. The Morgan fingerprint density at radius 3 is 2.56 bits per heavy atom. The van der Waals surface area contributed by atoms with Crippen LogP contribution >= 0.6 is 0 Å². The average molecular weight is 273 g/mol. The van der Waals surface area contributed by atoms with Gasteiger partial charge < -0.3 is 4.55 Å². The second-order valence-electron chi connectivity index (χ2n) is 3.45. The number of rotatable bonds is 5. The van der Waals surface area contributed by atoms with Crippen molar-refractivity contribution in [2.45, 2.75) is 26.3 Å². The lowest BCUT2D eigenvalue weighted by Crippen LogP contribution is -2.36. The highest BCUT2D eigenvalue weighted by atomic mass is 32.3. The third kappa shape index (κ3) is 7.94. The summed E-state index contributed by atoms with van der Waals surface area (Å²) in [6, 6.07) is 6.19. The zero-order valence-corrected chi connectivity index (χ0v) is 11.5. The maximum absolute atomic E-state index is 9.22. The molecule has 0 spiro atoms. The summed E-state index contributed by atoms with van der Waals surface area (Å²) in [5, 5.41) is 0. The molecule has 0 amide bonds. The molecule has 1 rings (SSSR count). The molecular formula is C12H19NO4S. The Hall–Kier alpha value is -1.24. The maximum atomic E-state index is 9.22. The van der Waals surface area contributed by atoms with E-state index in [4.69, 9.17) is 0 Å². The van der Waals surface area contributed by atoms with Crippen LogP contribution in [0.1, 0.15) is 25.5 Å². The zero-order valence-electron chi connectivity index (χ0n) is 10.7. The number of aromatic nitrogens is 1. The van der Waals surface area contributed by atoms with E-state index in [1.165, 1.54) is 18.5 Å². The number of hydrogen-bond donors (Lipinski definition) is 0. The number of aryl methyl sites for hydroxylation is 1. The molecule has 18 heavy (non-hydrogen) atoms. The molecule has 5 nitrogen and oxygen atoms in total. The van der Waals surface area contributed by atoms with Gasteiger partial charge in [0.2, 0.25) is 16.1 Å². The topological polar surface area (TPSA) is 70.3 Å². The van der Waals surface area contributed by atoms with Crippen molar-refractivity contribution in [3.05, 3.63) is 36.7 Å². The summed E-state index contributed by atoms with van der Waals surface area (Å²) in [7, 11) is -3.60. The lowest BCUT2D eigenvalue weighted by atomic mass is 10.3. The minimum atomic E-state index is -4.41. The van der Waals surface area contributed by atoms with E-state index in [0.29, 0.717) is 0 Å². The van der Waals surface area contributed by atoms with Gasteiger partial charge in [0.1, 0.15) is 6.54 Å². The first-order valence-electron chi connectivity index (χ1n) is 5.57. The second-order valence-corrected chi connectivity index (χ2v) is 4.60. The van der Waals surface area contributed by atoms with Crippen LogP contribution in [0, 0.1) is 0 Å². The van der Waals surface area contributed by atoms with Gasteiger partial charge in [0, 0.05) is 24.6 Å². The molecule has 0 aliphatic heterocycles. The van der Waals surface area contributed by atoms with Crippen LogP contribution in [0.2, 0.25) is 0 Å². The number of hydrogen-bond acceptors (Lipinski definition) is 4. The molecule has 0 saturated carbocycles. The fraction of sp³-hybridized carbons (Fsp3) is 0.417. The summed E-state index contributed by atoms with van der Waals surface area (Å²) in [5.41, 5.74) is 1.20. The van der Waals surface area contributed by atoms with E-state index in [1.807, 2.05) is 12.1 Å². The maximum Gasteiger partial charge on any atom is 0.217 e. The number of pyridine rings is 1. The zero-order chi connectivity index (χ0) is 14.0. The predicted octanol–water partition coefficient (Wildman–Crippen LogP) is 1.51. The van der Waals surface area contributed by atoms with Crippen LogP contribution in [0.25, 0.3) is 6.08 Å². The van der Waals surface area contributed by atoms with Crippen molar-refractivity contribution in [1.29, 1.82) is 0 Å². The third-order valence-electron chi connectivity index (χ3n) is 2.14. The molecule has 0 atom stereocenters. The molecule has 0 aliphatic carbocycles. The van der Waals surface area contributed by atoms with Gasteiger partial charge in [-0.3, -0.25) is 4.18 Å². The van der Waals surface area contributed by atoms with Gasteiger partial charge in [0.05, 0.1) is 7.11 Å². The van der Waals surface area contributed by atoms with E-state index in [0.717, 1.165) is 13.7 Å². The predicted molar refractivity (Wildman–Crippen MR) is 68.3 cm³/mol. The van der Waals surface area contributed by atoms with E-state index in [9.17, 15) is 13.0 Å². The summed E-state index contributed by atoms with van der Waals surface area (Å²) in [6.45, 7) is 7.08. The van der Waals surface area contributed by atoms with Gasteiger partial charge in [0.25, 0.3) is 0 Å². The minimum absolute atomic E-state index is 0.808. The largest absolute Gasteiger partial charge is 0.726 e. The lowest BCUT2D eigenvalue weighted by Gasteiger charge is -1.98. The fourth-order valence-corrected chi connectivity index (χ4v) is 1.21. The number of unbranched alkanes of at least 4 members (excludes halogenated alkanes) is 1. The third-order valence-corrected chi connectivity index (χ3v) is 2.55. The Morgan fingerprint density at radius 2 is 2.11 bits per heavy atom. The SMILES string of the molecule is C=Cc1cccc[n+]1CCCC.COS(=O)(=O)[O-]. The highest BCUT2D eigenvalue weighted by molar-refractivity contribution is 7.80. The molecular weight excluding hydrogens is 254 g/mol. The van der Waals surface area contributed by atoms with Crippen LogP contribution in [0.5, 0.6) is 0 Å².